The summed E-state index contributed by atoms with van der Waals surface area (Å²) >= 11 is 0. The normalized spacial score (nSPS) is 19.0. The number of carboxylic acids is 1. The minimum Gasteiger partial charge on any atom is -0.497 e. The number of halogens is 2. The van der Waals surface area contributed by atoms with Crippen LogP contribution in [0, 0.1) is 11.8 Å². The van der Waals surface area contributed by atoms with Crippen molar-refractivity contribution in [2.45, 2.75) is 32.1 Å². The van der Waals surface area contributed by atoms with E-state index in [4.69, 9.17) is 9.84 Å². The SMILES string of the molecule is COc1ccc2nccc(CCCC3CCNCC3CC(=O)O)c2c1.Cl.Cl. The van der Waals surface area contributed by atoms with Crippen LogP contribution in [0.5, 0.6) is 5.75 Å². The lowest BCUT2D eigenvalue weighted by atomic mass is 9.80. The first-order chi connectivity index (χ1) is 12.2. The number of rotatable bonds is 7. The van der Waals surface area contributed by atoms with Crippen LogP contribution in [0.1, 0.15) is 31.2 Å². The summed E-state index contributed by atoms with van der Waals surface area (Å²) in [5, 5.41) is 13.6. The van der Waals surface area contributed by atoms with Crippen LogP contribution in [0.15, 0.2) is 30.5 Å². The summed E-state index contributed by atoms with van der Waals surface area (Å²) in [5.74, 6) is 0.910. The van der Waals surface area contributed by atoms with Gasteiger partial charge in [0.1, 0.15) is 5.75 Å². The Morgan fingerprint density at radius 3 is 2.85 bits per heavy atom. The van der Waals surface area contributed by atoms with Gasteiger partial charge in [0.2, 0.25) is 0 Å². The van der Waals surface area contributed by atoms with E-state index in [-0.39, 0.29) is 37.2 Å². The molecule has 1 saturated heterocycles. The van der Waals surface area contributed by atoms with Crippen LogP contribution in [0.25, 0.3) is 10.9 Å². The molecule has 3 rings (SSSR count). The zero-order valence-corrected chi connectivity index (χ0v) is 17.2. The van der Waals surface area contributed by atoms with E-state index in [0.29, 0.717) is 5.92 Å². The van der Waals surface area contributed by atoms with Crippen molar-refractivity contribution in [3.8, 4) is 5.75 Å². The summed E-state index contributed by atoms with van der Waals surface area (Å²) in [6.07, 6.45) is 6.33. The third-order valence-corrected chi connectivity index (χ3v) is 5.26. The van der Waals surface area contributed by atoms with Crippen LogP contribution in [0.2, 0.25) is 0 Å². The molecule has 27 heavy (non-hydrogen) atoms. The molecular weight excluding hydrogens is 387 g/mol. The number of aliphatic carboxylic acids is 1. The number of nitrogens with one attached hydrogen (secondary N) is 1. The van der Waals surface area contributed by atoms with Crippen LogP contribution >= 0.6 is 24.8 Å². The van der Waals surface area contributed by atoms with Crippen molar-refractivity contribution in [1.29, 1.82) is 0 Å². The van der Waals surface area contributed by atoms with Gasteiger partial charge in [0.05, 0.1) is 12.6 Å². The molecule has 0 spiro atoms. The lowest BCUT2D eigenvalue weighted by molar-refractivity contribution is -0.138. The molecule has 1 aliphatic rings. The Morgan fingerprint density at radius 2 is 2.11 bits per heavy atom. The predicted molar refractivity (Wildman–Crippen MR) is 112 cm³/mol. The van der Waals surface area contributed by atoms with E-state index in [9.17, 15) is 4.79 Å². The average molecular weight is 415 g/mol. The fourth-order valence-corrected chi connectivity index (χ4v) is 3.90. The van der Waals surface area contributed by atoms with Crippen molar-refractivity contribution >= 4 is 41.7 Å². The second-order valence-electron chi connectivity index (χ2n) is 6.86. The lowest BCUT2D eigenvalue weighted by Gasteiger charge is -2.31. The fourth-order valence-electron chi connectivity index (χ4n) is 3.90. The molecule has 0 amide bonds. The highest BCUT2D eigenvalue weighted by molar-refractivity contribution is 5.85. The van der Waals surface area contributed by atoms with Gasteiger partial charge in [-0.3, -0.25) is 9.78 Å². The number of ether oxygens (including phenoxy) is 1. The van der Waals surface area contributed by atoms with Crippen molar-refractivity contribution in [3.63, 3.8) is 0 Å². The Hall–Kier alpha value is -1.56. The maximum Gasteiger partial charge on any atom is 0.303 e. The molecule has 2 N–H and O–H groups in total. The van der Waals surface area contributed by atoms with Crippen molar-refractivity contribution in [2.75, 3.05) is 20.2 Å². The topological polar surface area (TPSA) is 71.5 Å². The summed E-state index contributed by atoms with van der Waals surface area (Å²) < 4.78 is 5.34. The first-order valence-electron chi connectivity index (χ1n) is 9.01. The second-order valence-corrected chi connectivity index (χ2v) is 6.86. The minimum absolute atomic E-state index is 0. The van der Waals surface area contributed by atoms with E-state index in [1.807, 2.05) is 18.3 Å². The molecule has 1 aliphatic heterocycles. The van der Waals surface area contributed by atoms with Gasteiger partial charge in [-0.2, -0.15) is 0 Å². The third kappa shape index (κ3) is 6.23. The molecule has 2 unspecified atom stereocenters. The van der Waals surface area contributed by atoms with E-state index < -0.39 is 5.97 Å². The van der Waals surface area contributed by atoms with Gasteiger partial charge < -0.3 is 15.2 Å². The van der Waals surface area contributed by atoms with Gasteiger partial charge >= 0.3 is 5.97 Å². The largest absolute Gasteiger partial charge is 0.497 e. The zero-order chi connectivity index (χ0) is 17.6. The molecule has 1 fully saturated rings. The van der Waals surface area contributed by atoms with E-state index >= 15 is 0 Å². The number of aromatic nitrogens is 1. The Labute approximate surface area is 172 Å². The standard InChI is InChI=1S/C20H26N2O3.2ClH/c1-25-17-5-6-19-18(12-17)15(8-10-22-19)4-2-3-14-7-9-21-13-16(14)11-20(23)24;;/h5-6,8,10,12,14,16,21H,2-4,7,9,11,13H2,1H3,(H,23,24);2*1H. The van der Waals surface area contributed by atoms with E-state index in [2.05, 4.69) is 22.4 Å². The number of piperidine rings is 1. The number of benzene rings is 1. The van der Waals surface area contributed by atoms with Crippen molar-refractivity contribution in [3.05, 3.63) is 36.0 Å². The van der Waals surface area contributed by atoms with Crippen molar-refractivity contribution in [1.82, 2.24) is 10.3 Å². The van der Waals surface area contributed by atoms with E-state index in [1.165, 1.54) is 5.56 Å². The highest BCUT2D eigenvalue weighted by Gasteiger charge is 2.26. The molecule has 7 heteroatoms. The van der Waals surface area contributed by atoms with Gasteiger partial charge in [-0.05, 0) is 80.4 Å². The number of aryl methyl sites for hydroxylation is 1. The number of carbonyl (C=O) groups is 1. The average Bonchev–Trinajstić information content (AvgIpc) is 2.62. The lowest BCUT2D eigenvalue weighted by Crippen LogP contribution is -2.37. The highest BCUT2D eigenvalue weighted by Crippen LogP contribution is 2.29. The Bertz CT molecular complexity index is 742. The molecule has 2 aromatic rings. The van der Waals surface area contributed by atoms with Crippen LogP contribution in [-0.4, -0.2) is 36.3 Å². The zero-order valence-electron chi connectivity index (χ0n) is 15.5. The number of pyridine rings is 1. The van der Waals surface area contributed by atoms with Gasteiger partial charge in [0, 0.05) is 18.0 Å². The first-order valence-corrected chi connectivity index (χ1v) is 9.01. The van der Waals surface area contributed by atoms with Gasteiger partial charge in [-0.1, -0.05) is 0 Å². The van der Waals surface area contributed by atoms with Crippen LogP contribution in [0.4, 0.5) is 0 Å². The van der Waals surface area contributed by atoms with Crippen molar-refractivity contribution < 1.29 is 14.6 Å². The summed E-state index contributed by atoms with van der Waals surface area (Å²) in [4.78, 5) is 15.5. The van der Waals surface area contributed by atoms with E-state index in [1.54, 1.807) is 7.11 Å². The van der Waals surface area contributed by atoms with Crippen LogP contribution < -0.4 is 10.1 Å². The maximum absolute atomic E-state index is 11.1. The van der Waals surface area contributed by atoms with Crippen LogP contribution in [0.3, 0.4) is 0 Å². The number of hydrogen-bond acceptors (Lipinski definition) is 4. The summed E-state index contributed by atoms with van der Waals surface area (Å²) in [6.45, 7) is 1.82. The molecule has 0 aliphatic carbocycles. The second kappa shape index (κ2) is 11.3. The molecule has 2 heterocycles. The van der Waals surface area contributed by atoms with E-state index in [0.717, 1.165) is 55.4 Å². The molecule has 2 atom stereocenters. The Kier molecular flexibility index (Phi) is 9.84. The quantitative estimate of drug-likeness (QED) is 0.712. The van der Waals surface area contributed by atoms with Gasteiger partial charge in [0.15, 0.2) is 0 Å². The number of fused-ring (bicyclic) bond motifs is 1. The molecule has 150 valence electrons. The smallest absolute Gasteiger partial charge is 0.303 e. The molecule has 1 aromatic heterocycles. The molecule has 1 aromatic carbocycles. The Balaban J connectivity index is 0.00000182. The first kappa shape index (κ1) is 23.5. The summed E-state index contributed by atoms with van der Waals surface area (Å²) in [6, 6.07) is 8.06. The number of carboxylic acid groups (broad SMARTS) is 1. The summed E-state index contributed by atoms with van der Waals surface area (Å²) in [5.41, 5.74) is 2.27. The van der Waals surface area contributed by atoms with Gasteiger partial charge in [-0.25, -0.2) is 0 Å². The molecule has 0 saturated carbocycles. The highest BCUT2D eigenvalue weighted by atomic mass is 35.5. The number of nitrogens with zero attached hydrogens (tertiary/aromatic N) is 1. The van der Waals surface area contributed by atoms with Gasteiger partial charge in [-0.15, -0.1) is 24.8 Å². The molecule has 0 radical (unpaired) electrons. The molecular formula is C20H28Cl2N2O3. The van der Waals surface area contributed by atoms with Gasteiger partial charge in [0.25, 0.3) is 0 Å². The Morgan fingerprint density at radius 1 is 1.30 bits per heavy atom. The van der Waals surface area contributed by atoms with Crippen molar-refractivity contribution in [2.24, 2.45) is 11.8 Å². The monoisotopic (exact) mass is 414 g/mol. The third-order valence-electron chi connectivity index (χ3n) is 5.26. The maximum atomic E-state index is 11.1. The number of hydrogen-bond donors (Lipinski definition) is 2. The summed E-state index contributed by atoms with van der Waals surface area (Å²) in [7, 11) is 1.68. The van der Waals surface area contributed by atoms with Crippen LogP contribution in [-0.2, 0) is 11.2 Å². The minimum atomic E-state index is -0.689. The molecule has 0 bridgehead atoms. The fraction of sp³-hybridized carbons (Fsp3) is 0.500. The molecule has 5 nitrogen and oxygen atoms in total. The predicted octanol–water partition coefficient (Wildman–Crippen LogP) is 4.11. The number of methoxy groups -OCH3 is 1.